The molecule has 170 valence electrons. The molecule has 0 bridgehead atoms. The fraction of sp³-hybridized carbons (Fsp3) is 0.250. The Morgan fingerprint density at radius 1 is 0.939 bits per heavy atom. The Kier molecular flexibility index (Phi) is 6.60. The van der Waals surface area contributed by atoms with Gasteiger partial charge in [0.15, 0.2) is 0 Å². The Balaban J connectivity index is 1.40. The molecule has 0 aliphatic carbocycles. The number of halogens is 1. The first-order valence-corrected chi connectivity index (χ1v) is 11.3. The van der Waals surface area contributed by atoms with Crippen LogP contribution < -0.4 is 0 Å². The molecule has 0 radical (unpaired) electrons. The minimum atomic E-state index is -0.405. The van der Waals surface area contributed by atoms with Gasteiger partial charge in [0.1, 0.15) is 5.82 Å². The van der Waals surface area contributed by atoms with E-state index in [4.69, 9.17) is 0 Å². The number of carbonyl (C=O) groups excluding carboxylic acids is 4. The summed E-state index contributed by atoms with van der Waals surface area (Å²) in [6, 6.07) is 12.5. The highest BCUT2D eigenvalue weighted by Crippen LogP contribution is 2.33. The number of benzene rings is 2. The molecular formula is C24H22FN3O4S. The molecule has 4 rings (SSSR count). The largest absolute Gasteiger partial charge is 0.339 e. The van der Waals surface area contributed by atoms with Crippen LogP contribution in [0.3, 0.4) is 0 Å². The Hall–Kier alpha value is -3.46. The fourth-order valence-electron chi connectivity index (χ4n) is 3.69. The zero-order chi connectivity index (χ0) is 23.5. The Morgan fingerprint density at radius 2 is 1.55 bits per heavy atom. The predicted octanol–water partition coefficient (Wildman–Crippen LogP) is 3.37. The van der Waals surface area contributed by atoms with E-state index in [1.165, 1.54) is 31.2 Å². The Morgan fingerprint density at radius 3 is 2.15 bits per heavy atom. The maximum Gasteiger partial charge on any atom is 0.293 e. The molecule has 2 aromatic rings. The minimum Gasteiger partial charge on any atom is -0.339 e. The predicted molar refractivity (Wildman–Crippen MR) is 123 cm³/mol. The van der Waals surface area contributed by atoms with Gasteiger partial charge in [0.25, 0.3) is 17.1 Å². The number of piperazine rings is 1. The normalized spacial score (nSPS) is 17.8. The second kappa shape index (κ2) is 9.58. The first-order valence-electron chi connectivity index (χ1n) is 10.5. The van der Waals surface area contributed by atoms with Gasteiger partial charge >= 0.3 is 0 Å². The van der Waals surface area contributed by atoms with Gasteiger partial charge in [0.05, 0.1) is 11.4 Å². The number of hydrogen-bond donors (Lipinski definition) is 0. The van der Waals surface area contributed by atoms with E-state index < -0.39 is 5.91 Å². The SMILES string of the molecule is CC(=O)N1CCN(C(=O)c2ccc(C=C3SC(=O)N(Cc4ccc(F)cc4)C3=O)cc2)CC1. The van der Waals surface area contributed by atoms with Gasteiger partial charge in [-0.3, -0.25) is 24.1 Å². The maximum atomic E-state index is 13.1. The number of amides is 4. The van der Waals surface area contributed by atoms with Crippen molar-refractivity contribution in [2.45, 2.75) is 13.5 Å². The standard InChI is InChI=1S/C24H22FN3O4S/c1-16(29)26-10-12-27(13-11-26)22(30)19-6-2-17(3-7-19)14-21-23(31)28(24(32)33-21)15-18-4-8-20(25)9-5-18/h2-9,14H,10-13,15H2,1H3. The van der Waals surface area contributed by atoms with Crippen LogP contribution >= 0.6 is 11.8 Å². The van der Waals surface area contributed by atoms with Crippen molar-refractivity contribution < 1.29 is 23.6 Å². The van der Waals surface area contributed by atoms with Crippen molar-refractivity contribution in [1.82, 2.24) is 14.7 Å². The molecule has 33 heavy (non-hydrogen) atoms. The Labute approximate surface area is 194 Å². The van der Waals surface area contributed by atoms with E-state index >= 15 is 0 Å². The molecule has 2 fully saturated rings. The molecule has 7 nitrogen and oxygen atoms in total. The van der Waals surface area contributed by atoms with Gasteiger partial charge < -0.3 is 9.80 Å². The maximum absolute atomic E-state index is 13.1. The van der Waals surface area contributed by atoms with Gasteiger partial charge in [-0.25, -0.2) is 4.39 Å². The lowest BCUT2D eigenvalue weighted by atomic mass is 10.1. The molecule has 4 amide bonds. The van der Waals surface area contributed by atoms with Gasteiger partial charge in [-0.2, -0.15) is 0 Å². The highest BCUT2D eigenvalue weighted by Gasteiger charge is 2.35. The molecule has 2 aromatic carbocycles. The summed E-state index contributed by atoms with van der Waals surface area (Å²) < 4.78 is 13.1. The first kappa shape index (κ1) is 22.7. The van der Waals surface area contributed by atoms with Crippen LogP contribution in [0.2, 0.25) is 0 Å². The van der Waals surface area contributed by atoms with Gasteiger partial charge in [0.2, 0.25) is 5.91 Å². The molecule has 0 N–H and O–H groups in total. The molecule has 0 spiro atoms. The highest BCUT2D eigenvalue weighted by molar-refractivity contribution is 8.18. The number of imide groups is 1. The van der Waals surface area contributed by atoms with E-state index in [0.29, 0.717) is 47.8 Å². The second-order valence-electron chi connectivity index (χ2n) is 7.81. The number of carbonyl (C=O) groups is 4. The summed E-state index contributed by atoms with van der Waals surface area (Å²) in [6.45, 7) is 3.61. The van der Waals surface area contributed by atoms with Gasteiger partial charge in [0, 0.05) is 38.7 Å². The van der Waals surface area contributed by atoms with Crippen molar-refractivity contribution in [3.05, 3.63) is 75.9 Å². The van der Waals surface area contributed by atoms with Crippen molar-refractivity contribution in [3.63, 3.8) is 0 Å². The van der Waals surface area contributed by atoms with E-state index in [9.17, 15) is 23.6 Å². The molecule has 0 aromatic heterocycles. The molecule has 9 heteroatoms. The third-order valence-corrected chi connectivity index (χ3v) is 6.50. The molecule has 0 unspecified atom stereocenters. The minimum absolute atomic E-state index is 0.00790. The average molecular weight is 468 g/mol. The first-order chi connectivity index (χ1) is 15.8. The highest BCUT2D eigenvalue weighted by atomic mass is 32.2. The van der Waals surface area contributed by atoms with Crippen LogP contribution in [-0.4, -0.2) is 63.8 Å². The lowest BCUT2D eigenvalue weighted by molar-refractivity contribution is -0.130. The Bertz CT molecular complexity index is 1120. The summed E-state index contributed by atoms with van der Waals surface area (Å²) in [5.41, 5.74) is 1.88. The molecule has 0 saturated carbocycles. The van der Waals surface area contributed by atoms with Crippen molar-refractivity contribution in [3.8, 4) is 0 Å². The van der Waals surface area contributed by atoms with Gasteiger partial charge in [-0.05, 0) is 53.2 Å². The van der Waals surface area contributed by atoms with E-state index in [1.54, 1.807) is 40.1 Å². The zero-order valence-electron chi connectivity index (χ0n) is 18.0. The van der Waals surface area contributed by atoms with Crippen molar-refractivity contribution in [1.29, 1.82) is 0 Å². The monoisotopic (exact) mass is 467 g/mol. The molecule has 2 aliphatic heterocycles. The van der Waals surface area contributed by atoms with Gasteiger partial charge in [-0.1, -0.05) is 24.3 Å². The van der Waals surface area contributed by atoms with Crippen molar-refractivity contribution >= 4 is 40.8 Å². The third kappa shape index (κ3) is 5.14. The fourth-order valence-corrected chi connectivity index (χ4v) is 4.53. The molecule has 0 atom stereocenters. The molecule has 2 saturated heterocycles. The van der Waals surface area contributed by atoms with Crippen LogP contribution in [0.1, 0.15) is 28.4 Å². The summed E-state index contributed by atoms with van der Waals surface area (Å²) in [5.74, 6) is -0.885. The topological polar surface area (TPSA) is 78.0 Å². The quantitative estimate of drug-likeness (QED) is 0.645. The average Bonchev–Trinajstić information content (AvgIpc) is 3.08. The van der Waals surface area contributed by atoms with E-state index in [1.807, 2.05) is 0 Å². The summed E-state index contributed by atoms with van der Waals surface area (Å²) in [6.07, 6.45) is 1.62. The molecule has 2 aliphatic rings. The lowest BCUT2D eigenvalue weighted by Crippen LogP contribution is -2.50. The van der Waals surface area contributed by atoms with E-state index in [0.717, 1.165) is 16.7 Å². The number of thioether (sulfide) groups is 1. The zero-order valence-corrected chi connectivity index (χ0v) is 18.8. The van der Waals surface area contributed by atoms with Crippen LogP contribution in [0.25, 0.3) is 6.08 Å². The van der Waals surface area contributed by atoms with Crippen LogP contribution in [-0.2, 0) is 16.1 Å². The van der Waals surface area contributed by atoms with E-state index in [-0.39, 0.29) is 29.4 Å². The summed E-state index contributed by atoms with van der Waals surface area (Å²) in [7, 11) is 0. The van der Waals surface area contributed by atoms with Gasteiger partial charge in [-0.15, -0.1) is 0 Å². The molecule has 2 heterocycles. The summed E-state index contributed by atoms with van der Waals surface area (Å²) in [5, 5.41) is -0.382. The smallest absolute Gasteiger partial charge is 0.293 e. The molecular weight excluding hydrogens is 445 g/mol. The summed E-state index contributed by atoms with van der Waals surface area (Å²) >= 11 is 0.852. The lowest BCUT2D eigenvalue weighted by Gasteiger charge is -2.34. The van der Waals surface area contributed by atoms with Crippen molar-refractivity contribution in [2.75, 3.05) is 26.2 Å². The number of hydrogen-bond acceptors (Lipinski definition) is 5. The van der Waals surface area contributed by atoms with Crippen molar-refractivity contribution in [2.24, 2.45) is 0 Å². The number of rotatable bonds is 4. The summed E-state index contributed by atoms with van der Waals surface area (Å²) in [4.78, 5) is 54.1. The second-order valence-corrected chi connectivity index (χ2v) is 8.81. The van der Waals surface area contributed by atoms with Crippen LogP contribution in [0.4, 0.5) is 9.18 Å². The van der Waals surface area contributed by atoms with Crippen LogP contribution in [0.15, 0.2) is 53.4 Å². The number of nitrogens with zero attached hydrogens (tertiary/aromatic N) is 3. The van der Waals surface area contributed by atoms with Crippen LogP contribution in [0.5, 0.6) is 0 Å². The van der Waals surface area contributed by atoms with E-state index in [2.05, 4.69) is 0 Å². The van der Waals surface area contributed by atoms with Crippen LogP contribution in [0, 0.1) is 5.82 Å². The third-order valence-electron chi connectivity index (χ3n) is 5.60.